The van der Waals surface area contributed by atoms with Crippen LogP contribution in [0.15, 0.2) is 43.0 Å². The van der Waals surface area contributed by atoms with Gasteiger partial charge in [0.1, 0.15) is 12.4 Å². The van der Waals surface area contributed by atoms with Gasteiger partial charge in [0.25, 0.3) is 0 Å². The van der Waals surface area contributed by atoms with E-state index in [0.717, 1.165) is 51.4 Å². The highest BCUT2D eigenvalue weighted by atomic mass is 19.2. The first-order chi connectivity index (χ1) is 17.5. The van der Waals surface area contributed by atoms with E-state index in [1.165, 1.54) is 6.07 Å². The van der Waals surface area contributed by atoms with E-state index in [0.29, 0.717) is 36.0 Å². The molecule has 0 heterocycles. The fraction of sp³-hybridized carbons (Fsp3) is 0.533. The molecule has 0 aliphatic heterocycles. The number of benzene rings is 2. The maximum absolute atomic E-state index is 15.1. The van der Waals surface area contributed by atoms with Crippen molar-refractivity contribution < 1.29 is 27.4 Å². The lowest BCUT2D eigenvalue weighted by Gasteiger charge is -2.31. The Morgan fingerprint density at radius 3 is 2.00 bits per heavy atom. The van der Waals surface area contributed by atoms with Crippen molar-refractivity contribution in [3.8, 4) is 11.5 Å². The van der Waals surface area contributed by atoms with Gasteiger partial charge >= 0.3 is 0 Å². The standard InChI is InChI=1S/C30H37F3O3/c1-3-17-35-28-16-13-24(18-27(28)31)36-19-20-5-7-21(8-6-20)25-14-15-26(30(33)29(25)32)22-9-11-23(12-10-22)34-4-2/h3,13-16,18,20-23H,1,4-12,17,19H2,2H3. The molecule has 2 aliphatic rings. The van der Waals surface area contributed by atoms with Crippen LogP contribution in [0.1, 0.15) is 81.3 Å². The molecule has 0 saturated heterocycles. The van der Waals surface area contributed by atoms with Crippen molar-refractivity contribution in [3.05, 3.63) is 71.6 Å². The van der Waals surface area contributed by atoms with Gasteiger partial charge in [-0.05, 0) is 99.3 Å². The zero-order chi connectivity index (χ0) is 25.5. The summed E-state index contributed by atoms with van der Waals surface area (Å²) >= 11 is 0. The van der Waals surface area contributed by atoms with Gasteiger partial charge in [0.05, 0.1) is 12.7 Å². The summed E-state index contributed by atoms with van der Waals surface area (Å²) in [6.45, 7) is 6.94. The fourth-order valence-corrected chi connectivity index (χ4v) is 5.68. The largest absolute Gasteiger partial charge is 0.493 e. The normalized spacial score (nSPS) is 24.3. The van der Waals surface area contributed by atoms with Gasteiger partial charge in [0.2, 0.25) is 0 Å². The number of hydrogen-bond donors (Lipinski definition) is 0. The molecule has 0 atom stereocenters. The molecule has 2 aromatic rings. The Morgan fingerprint density at radius 2 is 1.44 bits per heavy atom. The topological polar surface area (TPSA) is 27.7 Å². The zero-order valence-electron chi connectivity index (χ0n) is 21.1. The van der Waals surface area contributed by atoms with Crippen LogP contribution in [0.4, 0.5) is 13.2 Å². The quantitative estimate of drug-likeness (QED) is 0.307. The number of ether oxygens (including phenoxy) is 3. The van der Waals surface area contributed by atoms with Crippen LogP contribution in [-0.2, 0) is 4.74 Å². The zero-order valence-corrected chi connectivity index (χ0v) is 21.1. The van der Waals surface area contributed by atoms with Crippen LogP contribution in [-0.4, -0.2) is 25.9 Å². The Morgan fingerprint density at radius 1 is 0.833 bits per heavy atom. The Hall–Kier alpha value is -2.47. The van der Waals surface area contributed by atoms with Crippen LogP contribution in [0.3, 0.4) is 0 Å². The van der Waals surface area contributed by atoms with E-state index in [9.17, 15) is 4.39 Å². The van der Waals surface area contributed by atoms with Crippen molar-refractivity contribution in [2.75, 3.05) is 19.8 Å². The summed E-state index contributed by atoms with van der Waals surface area (Å²) < 4.78 is 61.1. The Bertz CT molecular complexity index is 1010. The third-order valence-corrected chi connectivity index (χ3v) is 7.69. The predicted octanol–water partition coefficient (Wildman–Crippen LogP) is 8.08. The van der Waals surface area contributed by atoms with Crippen molar-refractivity contribution in [2.45, 2.75) is 76.2 Å². The molecule has 36 heavy (non-hydrogen) atoms. The smallest absolute Gasteiger partial charge is 0.168 e. The highest BCUT2D eigenvalue weighted by molar-refractivity contribution is 5.34. The molecule has 2 aromatic carbocycles. The molecular formula is C30H37F3O3. The maximum Gasteiger partial charge on any atom is 0.168 e. The fourth-order valence-electron chi connectivity index (χ4n) is 5.68. The minimum Gasteiger partial charge on any atom is -0.493 e. The van der Waals surface area contributed by atoms with Crippen LogP contribution >= 0.6 is 0 Å². The summed E-state index contributed by atoms with van der Waals surface area (Å²) in [5.74, 6) is -0.813. The van der Waals surface area contributed by atoms with Gasteiger partial charge in [0, 0.05) is 12.7 Å². The number of rotatable bonds is 10. The Balaban J connectivity index is 1.29. The number of halogens is 3. The molecule has 0 amide bonds. The first kappa shape index (κ1) is 26.6. The van der Waals surface area contributed by atoms with Gasteiger partial charge < -0.3 is 14.2 Å². The van der Waals surface area contributed by atoms with Crippen LogP contribution < -0.4 is 9.47 Å². The van der Waals surface area contributed by atoms with Crippen molar-refractivity contribution in [1.29, 1.82) is 0 Å². The van der Waals surface area contributed by atoms with Crippen molar-refractivity contribution in [2.24, 2.45) is 5.92 Å². The summed E-state index contributed by atoms with van der Waals surface area (Å²) in [6, 6.07) is 8.19. The van der Waals surface area contributed by atoms with Crippen LogP contribution in [0.2, 0.25) is 0 Å². The van der Waals surface area contributed by atoms with Gasteiger partial charge in [-0.25, -0.2) is 13.2 Å². The monoisotopic (exact) mass is 502 g/mol. The molecule has 3 nitrogen and oxygen atoms in total. The molecule has 0 bridgehead atoms. The second kappa shape index (κ2) is 12.7. The highest BCUT2D eigenvalue weighted by Gasteiger charge is 2.30. The van der Waals surface area contributed by atoms with E-state index in [1.54, 1.807) is 18.2 Å². The molecule has 4 rings (SSSR count). The van der Waals surface area contributed by atoms with Crippen molar-refractivity contribution in [1.82, 2.24) is 0 Å². The molecule has 2 saturated carbocycles. The second-order valence-electron chi connectivity index (χ2n) is 10.0. The minimum absolute atomic E-state index is 0.0113. The number of hydrogen-bond acceptors (Lipinski definition) is 3. The lowest BCUT2D eigenvalue weighted by molar-refractivity contribution is 0.0325. The Kier molecular flexibility index (Phi) is 9.35. The predicted molar refractivity (Wildman–Crippen MR) is 135 cm³/mol. The highest BCUT2D eigenvalue weighted by Crippen LogP contribution is 2.41. The SMILES string of the molecule is C=CCOc1ccc(OCC2CCC(c3ccc(C4CCC(OCC)CC4)c(F)c3F)CC2)cc1F. The van der Waals surface area contributed by atoms with Crippen LogP contribution in [0, 0.1) is 23.4 Å². The summed E-state index contributed by atoms with van der Waals surface area (Å²) in [4.78, 5) is 0. The molecule has 0 spiro atoms. The summed E-state index contributed by atoms with van der Waals surface area (Å²) in [6.07, 6.45) is 8.55. The molecule has 0 N–H and O–H groups in total. The van der Waals surface area contributed by atoms with Crippen molar-refractivity contribution in [3.63, 3.8) is 0 Å². The average molecular weight is 503 g/mol. The Labute approximate surface area is 212 Å². The molecule has 196 valence electrons. The third kappa shape index (κ3) is 6.44. The van der Waals surface area contributed by atoms with E-state index in [2.05, 4.69) is 6.58 Å². The maximum atomic E-state index is 15.1. The van der Waals surface area contributed by atoms with E-state index in [4.69, 9.17) is 14.2 Å². The molecule has 0 aromatic heterocycles. The van der Waals surface area contributed by atoms with Crippen LogP contribution in [0.25, 0.3) is 0 Å². The summed E-state index contributed by atoms with van der Waals surface area (Å²) in [5, 5.41) is 0. The van der Waals surface area contributed by atoms with Gasteiger partial charge in [-0.1, -0.05) is 24.8 Å². The van der Waals surface area contributed by atoms with E-state index in [1.807, 2.05) is 19.1 Å². The van der Waals surface area contributed by atoms with Crippen molar-refractivity contribution >= 4 is 0 Å². The van der Waals surface area contributed by atoms with E-state index in [-0.39, 0.29) is 30.3 Å². The van der Waals surface area contributed by atoms with E-state index < -0.39 is 17.5 Å². The summed E-state index contributed by atoms with van der Waals surface area (Å²) in [7, 11) is 0. The third-order valence-electron chi connectivity index (χ3n) is 7.69. The molecular weight excluding hydrogens is 465 g/mol. The van der Waals surface area contributed by atoms with Gasteiger partial charge in [0.15, 0.2) is 23.2 Å². The first-order valence-corrected chi connectivity index (χ1v) is 13.3. The molecule has 0 radical (unpaired) electrons. The molecule has 2 aliphatic carbocycles. The van der Waals surface area contributed by atoms with Gasteiger partial charge in [-0.3, -0.25) is 0 Å². The van der Waals surface area contributed by atoms with Gasteiger partial charge in [-0.15, -0.1) is 0 Å². The molecule has 6 heteroatoms. The molecule has 2 fully saturated rings. The minimum atomic E-state index is -0.673. The second-order valence-corrected chi connectivity index (χ2v) is 10.0. The van der Waals surface area contributed by atoms with E-state index >= 15 is 8.78 Å². The lowest BCUT2D eigenvalue weighted by atomic mass is 9.77. The molecule has 0 unspecified atom stereocenters. The van der Waals surface area contributed by atoms with Crippen LogP contribution in [0.5, 0.6) is 11.5 Å². The van der Waals surface area contributed by atoms with Gasteiger partial charge in [-0.2, -0.15) is 0 Å². The lowest BCUT2D eigenvalue weighted by Crippen LogP contribution is -2.22. The summed E-state index contributed by atoms with van der Waals surface area (Å²) in [5.41, 5.74) is 1.01. The average Bonchev–Trinajstić information content (AvgIpc) is 2.90. The first-order valence-electron chi connectivity index (χ1n) is 13.3.